The molecule has 104 valence electrons. The highest BCUT2D eigenvalue weighted by molar-refractivity contribution is 8.14. The van der Waals surface area contributed by atoms with Crippen molar-refractivity contribution in [3.05, 3.63) is 23.8 Å². The van der Waals surface area contributed by atoms with Crippen LogP contribution in [0.25, 0.3) is 0 Å². The van der Waals surface area contributed by atoms with Crippen LogP contribution in [0.5, 0.6) is 5.75 Å². The van der Waals surface area contributed by atoms with E-state index in [0.717, 1.165) is 5.56 Å². The molecule has 1 amide bonds. The molecule has 5 nitrogen and oxygen atoms in total. The Morgan fingerprint density at radius 3 is 2.58 bits per heavy atom. The van der Waals surface area contributed by atoms with Gasteiger partial charge in [-0.1, -0.05) is 0 Å². The van der Waals surface area contributed by atoms with Crippen molar-refractivity contribution in [3.63, 3.8) is 0 Å². The third-order valence-electron chi connectivity index (χ3n) is 3.18. The third kappa shape index (κ3) is 2.84. The van der Waals surface area contributed by atoms with Crippen LogP contribution in [0.3, 0.4) is 0 Å². The van der Waals surface area contributed by atoms with Gasteiger partial charge in [-0.25, -0.2) is 8.42 Å². The first-order valence-electron chi connectivity index (χ1n) is 5.71. The molecule has 7 heteroatoms. The largest absolute Gasteiger partial charge is 0.497 e. The number of carbonyl (C=O) groups is 1. The molecule has 1 aromatic rings. The summed E-state index contributed by atoms with van der Waals surface area (Å²) in [4.78, 5) is 13.4. The molecule has 2 rings (SSSR count). The van der Waals surface area contributed by atoms with E-state index >= 15 is 0 Å². The molecule has 0 saturated carbocycles. The van der Waals surface area contributed by atoms with Gasteiger partial charge in [-0.3, -0.25) is 4.79 Å². The van der Waals surface area contributed by atoms with E-state index in [1.165, 1.54) is 4.90 Å². The Hall–Kier alpha value is -1.27. The Labute approximate surface area is 116 Å². The maximum Gasteiger partial charge on any atom is 0.237 e. The number of rotatable bonds is 3. The first kappa shape index (κ1) is 14.1. The number of methoxy groups -OCH3 is 1. The lowest BCUT2D eigenvalue weighted by Crippen LogP contribution is -2.27. The SMILES string of the molecule is COc1ccc(N2CC(S(=O)(=O)Cl)CC2=O)c(C)c1. The number of carbonyl (C=O) groups excluding carboxylic acids is 1. The van der Waals surface area contributed by atoms with E-state index in [4.69, 9.17) is 15.4 Å². The number of nitrogens with zero attached hydrogens (tertiary/aromatic N) is 1. The summed E-state index contributed by atoms with van der Waals surface area (Å²) in [7, 11) is 3.16. The molecule has 1 aliphatic rings. The van der Waals surface area contributed by atoms with Gasteiger partial charge in [0.2, 0.25) is 15.0 Å². The topological polar surface area (TPSA) is 63.7 Å². The Bertz CT molecular complexity index is 614. The summed E-state index contributed by atoms with van der Waals surface area (Å²) in [5, 5.41) is -0.844. The van der Waals surface area contributed by atoms with E-state index in [0.29, 0.717) is 11.4 Å². The average molecular weight is 304 g/mol. The van der Waals surface area contributed by atoms with Crippen molar-refractivity contribution < 1.29 is 17.9 Å². The van der Waals surface area contributed by atoms with E-state index in [-0.39, 0.29) is 18.9 Å². The van der Waals surface area contributed by atoms with Gasteiger partial charge in [0.15, 0.2) is 0 Å². The second-order valence-corrected chi connectivity index (χ2v) is 7.37. The maximum absolute atomic E-state index is 11.9. The Balaban J connectivity index is 2.31. The lowest BCUT2D eigenvalue weighted by Gasteiger charge is -2.19. The smallest absolute Gasteiger partial charge is 0.237 e. The number of benzene rings is 1. The van der Waals surface area contributed by atoms with Crippen molar-refractivity contribution >= 4 is 31.3 Å². The summed E-state index contributed by atoms with van der Waals surface area (Å²) in [5.74, 6) is 0.455. The van der Waals surface area contributed by atoms with Gasteiger partial charge >= 0.3 is 0 Å². The summed E-state index contributed by atoms with van der Waals surface area (Å²) < 4.78 is 27.7. The quantitative estimate of drug-likeness (QED) is 0.797. The molecule has 0 radical (unpaired) electrons. The Kier molecular flexibility index (Phi) is 3.73. The van der Waals surface area contributed by atoms with Crippen LogP contribution < -0.4 is 9.64 Å². The molecule has 19 heavy (non-hydrogen) atoms. The van der Waals surface area contributed by atoms with Crippen molar-refractivity contribution in [3.8, 4) is 5.75 Å². The predicted molar refractivity (Wildman–Crippen MR) is 73.3 cm³/mol. The van der Waals surface area contributed by atoms with Crippen LogP contribution in [0.15, 0.2) is 18.2 Å². The summed E-state index contributed by atoms with van der Waals surface area (Å²) >= 11 is 0. The van der Waals surface area contributed by atoms with E-state index in [1.807, 2.05) is 6.92 Å². The minimum atomic E-state index is -3.72. The molecule has 1 atom stereocenters. The van der Waals surface area contributed by atoms with Gasteiger partial charge in [-0.05, 0) is 30.7 Å². The highest BCUT2D eigenvalue weighted by Gasteiger charge is 2.38. The minimum Gasteiger partial charge on any atom is -0.497 e. The molecule has 1 heterocycles. The molecule has 0 spiro atoms. The zero-order valence-corrected chi connectivity index (χ0v) is 12.2. The lowest BCUT2D eigenvalue weighted by atomic mass is 10.1. The molecule has 0 bridgehead atoms. The van der Waals surface area contributed by atoms with Crippen LogP contribution in [0.4, 0.5) is 5.69 Å². The van der Waals surface area contributed by atoms with Crippen LogP contribution in [0.2, 0.25) is 0 Å². The van der Waals surface area contributed by atoms with Crippen molar-refractivity contribution in [2.24, 2.45) is 0 Å². The maximum atomic E-state index is 11.9. The average Bonchev–Trinajstić information content (AvgIpc) is 2.71. The highest BCUT2D eigenvalue weighted by atomic mass is 35.7. The van der Waals surface area contributed by atoms with Gasteiger partial charge in [0.05, 0.1) is 7.11 Å². The Morgan fingerprint density at radius 1 is 1.42 bits per heavy atom. The fourth-order valence-electron chi connectivity index (χ4n) is 2.15. The third-order valence-corrected chi connectivity index (χ3v) is 5.05. The van der Waals surface area contributed by atoms with Crippen molar-refractivity contribution in [1.82, 2.24) is 0 Å². The van der Waals surface area contributed by atoms with Crippen LogP contribution in [-0.2, 0) is 13.8 Å². The molecule has 0 aliphatic carbocycles. The number of aryl methyl sites for hydroxylation is 1. The second-order valence-electron chi connectivity index (χ2n) is 4.46. The number of hydrogen-bond donors (Lipinski definition) is 0. The molecule has 1 unspecified atom stereocenters. The number of hydrogen-bond acceptors (Lipinski definition) is 4. The Morgan fingerprint density at radius 2 is 2.11 bits per heavy atom. The van der Waals surface area contributed by atoms with Gasteiger partial charge in [0.25, 0.3) is 0 Å². The van der Waals surface area contributed by atoms with Gasteiger partial charge in [-0.15, -0.1) is 0 Å². The lowest BCUT2D eigenvalue weighted by molar-refractivity contribution is -0.117. The number of halogens is 1. The van der Waals surface area contributed by atoms with Crippen molar-refractivity contribution in [2.45, 2.75) is 18.6 Å². The summed E-state index contributed by atoms with van der Waals surface area (Å²) in [6, 6.07) is 5.28. The molecule has 1 saturated heterocycles. The van der Waals surface area contributed by atoms with Gasteiger partial charge in [0.1, 0.15) is 11.0 Å². The van der Waals surface area contributed by atoms with Crippen molar-refractivity contribution in [1.29, 1.82) is 0 Å². The first-order valence-corrected chi connectivity index (χ1v) is 8.08. The van der Waals surface area contributed by atoms with Crippen LogP contribution in [0.1, 0.15) is 12.0 Å². The summed E-state index contributed by atoms with van der Waals surface area (Å²) in [6.07, 6.45) is -0.0721. The van der Waals surface area contributed by atoms with E-state index < -0.39 is 14.3 Å². The summed E-state index contributed by atoms with van der Waals surface area (Å²) in [5.41, 5.74) is 1.54. The summed E-state index contributed by atoms with van der Waals surface area (Å²) in [6.45, 7) is 1.94. The number of amides is 1. The molecular formula is C12H14ClNO4S. The number of ether oxygens (including phenoxy) is 1. The van der Waals surface area contributed by atoms with Crippen LogP contribution in [0, 0.1) is 6.92 Å². The normalized spacial score (nSPS) is 19.8. The minimum absolute atomic E-state index is 0.0721. The molecule has 0 N–H and O–H groups in total. The molecule has 1 aromatic carbocycles. The first-order chi connectivity index (χ1) is 8.82. The van der Waals surface area contributed by atoms with Gasteiger partial charge < -0.3 is 9.64 Å². The van der Waals surface area contributed by atoms with Gasteiger partial charge in [-0.2, -0.15) is 0 Å². The molecule has 1 aliphatic heterocycles. The zero-order valence-electron chi connectivity index (χ0n) is 10.6. The van der Waals surface area contributed by atoms with Crippen LogP contribution in [-0.4, -0.2) is 33.2 Å². The molecule has 0 aromatic heterocycles. The highest BCUT2D eigenvalue weighted by Crippen LogP contribution is 2.30. The fourth-order valence-corrected chi connectivity index (χ4v) is 3.18. The number of anilines is 1. The van der Waals surface area contributed by atoms with E-state index in [2.05, 4.69) is 0 Å². The molecular weight excluding hydrogens is 290 g/mol. The predicted octanol–water partition coefficient (Wildman–Crippen LogP) is 1.68. The van der Waals surface area contributed by atoms with Crippen molar-refractivity contribution in [2.75, 3.05) is 18.6 Å². The molecule has 1 fully saturated rings. The zero-order chi connectivity index (χ0) is 14.2. The fraction of sp³-hybridized carbons (Fsp3) is 0.417. The van der Waals surface area contributed by atoms with Crippen LogP contribution >= 0.6 is 10.7 Å². The van der Waals surface area contributed by atoms with E-state index in [1.54, 1.807) is 25.3 Å². The van der Waals surface area contributed by atoms with E-state index in [9.17, 15) is 13.2 Å². The standard InChI is InChI=1S/C12H14ClNO4S/c1-8-5-9(18-2)3-4-11(8)14-7-10(6-12(14)15)19(13,16)17/h3-5,10H,6-7H2,1-2H3. The monoisotopic (exact) mass is 303 g/mol. The van der Waals surface area contributed by atoms with Gasteiger partial charge in [0, 0.05) is 29.3 Å². The second kappa shape index (κ2) is 5.02.